The molecule has 8 heteroatoms. The smallest absolute Gasteiger partial charge is 0.328 e. The third-order valence-corrected chi connectivity index (χ3v) is 3.35. The lowest BCUT2D eigenvalue weighted by atomic mass is 9.97. The van der Waals surface area contributed by atoms with Crippen molar-refractivity contribution in [3.63, 3.8) is 0 Å². The molecule has 21 heavy (non-hydrogen) atoms. The van der Waals surface area contributed by atoms with Gasteiger partial charge in [0, 0.05) is 6.42 Å². The topological polar surface area (TPSA) is 111 Å². The molecular formula is C13H20N2O6. The van der Waals surface area contributed by atoms with E-state index in [9.17, 15) is 19.2 Å². The Balaban J connectivity index is 2.69. The maximum absolute atomic E-state index is 12.0. The molecule has 0 unspecified atom stereocenters. The van der Waals surface area contributed by atoms with Crippen LogP contribution in [-0.2, 0) is 28.7 Å². The van der Waals surface area contributed by atoms with Gasteiger partial charge in [-0.15, -0.1) is 0 Å². The number of nitrogens with one attached hydrogen (secondary N) is 2. The van der Waals surface area contributed by atoms with E-state index in [1.54, 1.807) is 6.92 Å². The van der Waals surface area contributed by atoms with Crippen molar-refractivity contribution in [2.75, 3.05) is 14.2 Å². The van der Waals surface area contributed by atoms with E-state index in [4.69, 9.17) is 0 Å². The number of carbonyl (C=O) groups is 4. The van der Waals surface area contributed by atoms with E-state index >= 15 is 0 Å². The average molecular weight is 300 g/mol. The fourth-order valence-electron chi connectivity index (χ4n) is 2.09. The first-order valence-electron chi connectivity index (χ1n) is 6.63. The summed E-state index contributed by atoms with van der Waals surface area (Å²) in [4.78, 5) is 46.2. The van der Waals surface area contributed by atoms with Crippen molar-refractivity contribution in [1.82, 2.24) is 10.6 Å². The van der Waals surface area contributed by atoms with Crippen LogP contribution < -0.4 is 10.6 Å². The highest BCUT2D eigenvalue weighted by Gasteiger charge is 2.34. The molecule has 1 aliphatic heterocycles. The standard InChI is InChI=1S/C13H20N2O6/c1-7(6-10(17)20-2)11(13(19)21-3)15-12(18)8-4-5-9(16)14-8/h7-8,11H,4-6H2,1-3H3,(H,14,16)(H,15,18)/t7-,8+,11+/m1/s1. The number of ether oxygens (including phenoxy) is 2. The first-order chi connectivity index (χ1) is 9.88. The first-order valence-corrected chi connectivity index (χ1v) is 6.63. The minimum absolute atomic E-state index is 0.0342. The Hall–Kier alpha value is -2.12. The molecule has 1 rings (SSSR count). The lowest BCUT2D eigenvalue weighted by Crippen LogP contribution is -2.51. The normalized spacial score (nSPS) is 20.1. The van der Waals surface area contributed by atoms with Gasteiger partial charge in [0.25, 0.3) is 0 Å². The molecule has 0 aromatic heterocycles. The van der Waals surface area contributed by atoms with E-state index in [-0.39, 0.29) is 18.7 Å². The number of methoxy groups -OCH3 is 2. The molecule has 0 aromatic carbocycles. The number of hydrogen-bond acceptors (Lipinski definition) is 6. The van der Waals surface area contributed by atoms with E-state index in [0.717, 1.165) is 0 Å². The van der Waals surface area contributed by atoms with Crippen LogP contribution in [0.3, 0.4) is 0 Å². The predicted octanol–water partition coefficient (Wildman–Crippen LogP) is -0.878. The number of esters is 2. The molecule has 3 atom stereocenters. The minimum Gasteiger partial charge on any atom is -0.469 e. The molecule has 1 saturated heterocycles. The summed E-state index contributed by atoms with van der Waals surface area (Å²) in [7, 11) is 2.44. The van der Waals surface area contributed by atoms with Crippen LogP contribution in [-0.4, -0.2) is 50.1 Å². The fraction of sp³-hybridized carbons (Fsp3) is 0.692. The Morgan fingerprint density at radius 2 is 2.00 bits per heavy atom. The summed E-state index contributed by atoms with van der Waals surface area (Å²) >= 11 is 0. The van der Waals surface area contributed by atoms with Gasteiger partial charge in [-0.05, 0) is 12.3 Å². The van der Waals surface area contributed by atoms with Gasteiger partial charge in [0.1, 0.15) is 12.1 Å². The van der Waals surface area contributed by atoms with Crippen molar-refractivity contribution >= 4 is 23.8 Å². The minimum atomic E-state index is -0.973. The van der Waals surface area contributed by atoms with Crippen molar-refractivity contribution in [3.05, 3.63) is 0 Å². The van der Waals surface area contributed by atoms with Crippen LogP contribution in [0.15, 0.2) is 0 Å². The Labute approximate surface area is 122 Å². The summed E-state index contributed by atoms with van der Waals surface area (Å²) in [6.45, 7) is 1.63. The molecule has 0 radical (unpaired) electrons. The maximum Gasteiger partial charge on any atom is 0.328 e. The van der Waals surface area contributed by atoms with Crippen molar-refractivity contribution in [2.24, 2.45) is 5.92 Å². The van der Waals surface area contributed by atoms with Crippen LogP contribution in [0.2, 0.25) is 0 Å². The second kappa shape index (κ2) is 7.61. The molecule has 1 fully saturated rings. The lowest BCUT2D eigenvalue weighted by Gasteiger charge is -2.23. The zero-order valence-electron chi connectivity index (χ0n) is 12.3. The van der Waals surface area contributed by atoms with Gasteiger partial charge in [-0.1, -0.05) is 6.92 Å². The van der Waals surface area contributed by atoms with Gasteiger partial charge in [-0.25, -0.2) is 4.79 Å². The van der Waals surface area contributed by atoms with Crippen molar-refractivity contribution in [3.8, 4) is 0 Å². The molecule has 2 N–H and O–H groups in total. The zero-order valence-corrected chi connectivity index (χ0v) is 12.3. The van der Waals surface area contributed by atoms with E-state index in [1.807, 2.05) is 0 Å². The quantitative estimate of drug-likeness (QED) is 0.616. The highest BCUT2D eigenvalue weighted by molar-refractivity contribution is 5.93. The molecule has 0 aromatic rings. The first kappa shape index (κ1) is 16.9. The van der Waals surface area contributed by atoms with Crippen LogP contribution >= 0.6 is 0 Å². The Kier molecular flexibility index (Phi) is 6.13. The van der Waals surface area contributed by atoms with Gasteiger partial charge in [0.15, 0.2) is 0 Å². The molecular weight excluding hydrogens is 280 g/mol. The third kappa shape index (κ3) is 4.73. The molecule has 8 nitrogen and oxygen atoms in total. The van der Waals surface area contributed by atoms with Gasteiger partial charge in [-0.2, -0.15) is 0 Å². The number of rotatable bonds is 6. The molecule has 0 aliphatic carbocycles. The summed E-state index contributed by atoms with van der Waals surface area (Å²) < 4.78 is 9.18. The van der Waals surface area contributed by atoms with Gasteiger partial charge >= 0.3 is 11.9 Å². The summed E-state index contributed by atoms with van der Waals surface area (Å²) in [5, 5.41) is 5.04. The van der Waals surface area contributed by atoms with Gasteiger partial charge < -0.3 is 20.1 Å². The Morgan fingerprint density at radius 3 is 2.48 bits per heavy atom. The van der Waals surface area contributed by atoms with E-state index in [2.05, 4.69) is 20.1 Å². The van der Waals surface area contributed by atoms with Gasteiger partial charge in [0.2, 0.25) is 11.8 Å². The SMILES string of the molecule is COC(=O)C[C@@H](C)[C@H](NC(=O)[C@@H]1CCC(=O)N1)C(=O)OC. The number of carbonyl (C=O) groups excluding carboxylic acids is 4. The zero-order chi connectivity index (χ0) is 16.0. The monoisotopic (exact) mass is 300 g/mol. The van der Waals surface area contributed by atoms with Crippen LogP contribution in [0.4, 0.5) is 0 Å². The summed E-state index contributed by atoms with van der Waals surface area (Å²) in [5.41, 5.74) is 0. The van der Waals surface area contributed by atoms with E-state index < -0.39 is 35.8 Å². The molecule has 0 saturated carbocycles. The molecule has 1 heterocycles. The van der Waals surface area contributed by atoms with Gasteiger partial charge in [-0.3, -0.25) is 14.4 Å². The summed E-state index contributed by atoms with van der Waals surface area (Å²) in [6, 6.07) is -1.63. The summed E-state index contributed by atoms with van der Waals surface area (Å²) in [6.07, 6.45) is 0.621. The Morgan fingerprint density at radius 1 is 1.33 bits per heavy atom. The molecule has 118 valence electrons. The average Bonchev–Trinajstić information content (AvgIpc) is 2.89. The van der Waals surface area contributed by atoms with Crippen LogP contribution in [0.1, 0.15) is 26.2 Å². The highest BCUT2D eigenvalue weighted by atomic mass is 16.5. The lowest BCUT2D eigenvalue weighted by molar-refractivity contribution is -0.148. The molecule has 0 bridgehead atoms. The second-order valence-electron chi connectivity index (χ2n) is 4.93. The van der Waals surface area contributed by atoms with Crippen LogP contribution in [0.25, 0.3) is 0 Å². The number of amides is 2. The number of hydrogen-bond donors (Lipinski definition) is 2. The van der Waals surface area contributed by atoms with Crippen molar-refractivity contribution in [1.29, 1.82) is 0 Å². The second-order valence-corrected chi connectivity index (χ2v) is 4.93. The van der Waals surface area contributed by atoms with E-state index in [1.165, 1.54) is 14.2 Å². The van der Waals surface area contributed by atoms with E-state index in [0.29, 0.717) is 6.42 Å². The van der Waals surface area contributed by atoms with Crippen LogP contribution in [0.5, 0.6) is 0 Å². The highest BCUT2D eigenvalue weighted by Crippen LogP contribution is 2.13. The largest absolute Gasteiger partial charge is 0.469 e. The molecule has 2 amide bonds. The summed E-state index contributed by atoms with van der Waals surface area (Å²) in [5.74, 6) is -2.30. The van der Waals surface area contributed by atoms with Crippen LogP contribution in [0, 0.1) is 5.92 Å². The predicted molar refractivity (Wildman–Crippen MR) is 70.9 cm³/mol. The maximum atomic E-state index is 12.0. The molecule has 0 spiro atoms. The fourth-order valence-corrected chi connectivity index (χ4v) is 2.09. The third-order valence-electron chi connectivity index (χ3n) is 3.35. The Bertz CT molecular complexity index is 436. The van der Waals surface area contributed by atoms with Crippen molar-refractivity contribution < 1.29 is 28.7 Å². The van der Waals surface area contributed by atoms with Gasteiger partial charge in [0.05, 0.1) is 20.6 Å². The molecule has 1 aliphatic rings. The van der Waals surface area contributed by atoms with Crippen molar-refractivity contribution in [2.45, 2.75) is 38.3 Å².